The molecule has 1 heterocycles. The van der Waals surface area contributed by atoms with Gasteiger partial charge in [-0.3, -0.25) is 0 Å². The van der Waals surface area contributed by atoms with Crippen molar-refractivity contribution < 1.29 is 22.3 Å². The summed E-state index contributed by atoms with van der Waals surface area (Å²) in [6.07, 6.45) is 0. The summed E-state index contributed by atoms with van der Waals surface area (Å²) in [7, 11) is -2.34. The van der Waals surface area contributed by atoms with E-state index in [2.05, 4.69) is 9.71 Å². The molecule has 0 saturated carbocycles. The van der Waals surface area contributed by atoms with Gasteiger partial charge < -0.3 is 14.8 Å². The van der Waals surface area contributed by atoms with Crippen molar-refractivity contribution in [3.8, 4) is 11.5 Å². The van der Waals surface area contributed by atoms with Gasteiger partial charge in [-0.15, -0.1) is 4.40 Å². The summed E-state index contributed by atoms with van der Waals surface area (Å²) in [5.41, 5.74) is 1.58. The Morgan fingerprint density at radius 3 is 2.63 bits per heavy atom. The van der Waals surface area contributed by atoms with Crippen LogP contribution < -0.4 is 14.8 Å². The van der Waals surface area contributed by atoms with Crippen molar-refractivity contribution in [2.45, 2.75) is 11.5 Å². The smallest absolute Gasteiger partial charge is 0.286 e. The molecule has 0 spiro atoms. The van der Waals surface area contributed by atoms with E-state index in [0.29, 0.717) is 28.3 Å². The third-order valence-corrected chi connectivity index (χ3v) is 6.15. The lowest BCUT2D eigenvalue weighted by Gasteiger charge is -2.19. The van der Waals surface area contributed by atoms with E-state index in [0.717, 1.165) is 0 Å². The van der Waals surface area contributed by atoms with Crippen LogP contribution in [0.15, 0.2) is 70.0 Å². The number of halogens is 2. The molecule has 1 N–H and O–H groups in total. The Bertz CT molecular complexity index is 1260. The first-order valence-corrected chi connectivity index (χ1v) is 10.7. The summed E-state index contributed by atoms with van der Waals surface area (Å²) in [6.45, 7) is 0.107. The first-order chi connectivity index (χ1) is 14.4. The molecule has 0 fully saturated rings. The topological polar surface area (TPSA) is 77.0 Å². The zero-order chi connectivity index (χ0) is 21.3. The third kappa shape index (κ3) is 3.96. The fraction of sp³-hybridized carbons (Fsp3) is 0.0952. The van der Waals surface area contributed by atoms with Gasteiger partial charge in [-0.25, -0.2) is 4.39 Å². The minimum absolute atomic E-state index is 0.107. The predicted molar refractivity (Wildman–Crippen MR) is 113 cm³/mol. The first kappa shape index (κ1) is 20.2. The van der Waals surface area contributed by atoms with E-state index in [4.69, 9.17) is 21.1 Å². The lowest BCUT2D eigenvalue weighted by Crippen LogP contribution is -2.22. The average molecular weight is 447 g/mol. The van der Waals surface area contributed by atoms with E-state index in [-0.39, 0.29) is 22.4 Å². The van der Waals surface area contributed by atoms with Crippen LogP contribution in [0.2, 0.25) is 5.02 Å². The maximum atomic E-state index is 13.2. The highest BCUT2D eigenvalue weighted by molar-refractivity contribution is 7.90. The number of fused-ring (bicyclic) bond motifs is 1. The summed E-state index contributed by atoms with van der Waals surface area (Å²) >= 11 is 6.03. The summed E-state index contributed by atoms with van der Waals surface area (Å²) < 4.78 is 53.2. The number of rotatable bonds is 5. The van der Waals surface area contributed by atoms with E-state index in [1.165, 1.54) is 25.3 Å². The van der Waals surface area contributed by atoms with Gasteiger partial charge in [-0.1, -0.05) is 29.8 Å². The Kier molecular flexibility index (Phi) is 5.36. The van der Waals surface area contributed by atoms with Crippen molar-refractivity contribution in [2.75, 3.05) is 12.4 Å². The molecule has 30 heavy (non-hydrogen) atoms. The maximum Gasteiger partial charge on any atom is 0.286 e. The second kappa shape index (κ2) is 7.97. The zero-order valence-electron chi connectivity index (χ0n) is 15.7. The highest BCUT2D eigenvalue weighted by Crippen LogP contribution is 2.33. The van der Waals surface area contributed by atoms with Crippen LogP contribution in [0.5, 0.6) is 11.5 Å². The van der Waals surface area contributed by atoms with Gasteiger partial charge in [0.1, 0.15) is 17.3 Å². The Labute approximate surface area is 178 Å². The number of sulfonamides is 1. The van der Waals surface area contributed by atoms with E-state index in [1.807, 2.05) is 0 Å². The van der Waals surface area contributed by atoms with Crippen molar-refractivity contribution in [1.29, 1.82) is 0 Å². The first-order valence-electron chi connectivity index (χ1n) is 8.83. The van der Waals surface area contributed by atoms with Gasteiger partial charge in [0, 0.05) is 11.1 Å². The van der Waals surface area contributed by atoms with Crippen molar-refractivity contribution >= 4 is 33.1 Å². The Morgan fingerprint density at radius 1 is 1.07 bits per heavy atom. The number of nitrogens with one attached hydrogen (secondary N) is 1. The van der Waals surface area contributed by atoms with Crippen LogP contribution in [0.1, 0.15) is 11.1 Å². The Balaban J connectivity index is 1.61. The summed E-state index contributed by atoms with van der Waals surface area (Å²) in [4.78, 5) is 0.122. The molecule has 0 amide bonds. The number of para-hydroxylation sites is 1. The number of anilines is 1. The number of methoxy groups -OCH3 is 1. The number of benzene rings is 3. The molecular formula is C21H16ClFN2O4S. The maximum absolute atomic E-state index is 13.2. The molecule has 0 aromatic heterocycles. The van der Waals surface area contributed by atoms with E-state index in [9.17, 15) is 12.8 Å². The summed E-state index contributed by atoms with van der Waals surface area (Å²) in [5.74, 6) is 0.552. The van der Waals surface area contributed by atoms with Crippen molar-refractivity contribution in [2.24, 2.45) is 4.40 Å². The van der Waals surface area contributed by atoms with Gasteiger partial charge in [0.05, 0.1) is 17.8 Å². The fourth-order valence-corrected chi connectivity index (χ4v) is 4.33. The number of nitrogens with zero attached hydrogens (tertiary/aromatic N) is 1. The molecule has 9 heteroatoms. The largest absolute Gasteiger partial charge is 0.493 e. The van der Waals surface area contributed by atoms with Crippen LogP contribution in [-0.4, -0.2) is 21.4 Å². The molecule has 3 aromatic carbocycles. The number of hydrogen-bond acceptors (Lipinski definition) is 5. The summed E-state index contributed by atoms with van der Waals surface area (Å²) in [6, 6.07) is 15.5. The Morgan fingerprint density at radius 2 is 1.87 bits per heavy atom. The van der Waals surface area contributed by atoms with E-state index in [1.54, 1.807) is 42.5 Å². The number of hydrogen-bond donors (Lipinski definition) is 1. The van der Waals surface area contributed by atoms with Crippen LogP contribution in [0, 0.1) is 5.82 Å². The molecule has 0 aliphatic carbocycles. The standard InChI is InChI=1S/C21H16ClFN2O4S/c1-28-19-10-13(21-24-17-4-2-3-5-20(17)30(26,27)25-21)7-9-18(19)29-12-14-6-8-15(23)11-16(14)22/h2-11H,12H2,1H3,(H,24,25). The second-order valence-electron chi connectivity index (χ2n) is 6.43. The van der Waals surface area contributed by atoms with E-state index >= 15 is 0 Å². The van der Waals surface area contributed by atoms with Gasteiger partial charge >= 0.3 is 0 Å². The van der Waals surface area contributed by atoms with Crippen LogP contribution in [0.3, 0.4) is 0 Å². The van der Waals surface area contributed by atoms with Crippen molar-refractivity contribution in [3.63, 3.8) is 0 Å². The molecule has 1 aliphatic rings. The molecule has 1 aliphatic heterocycles. The van der Waals surface area contributed by atoms with Crippen LogP contribution in [-0.2, 0) is 16.6 Å². The molecule has 0 unspecified atom stereocenters. The molecule has 6 nitrogen and oxygen atoms in total. The van der Waals surface area contributed by atoms with Crippen molar-refractivity contribution in [1.82, 2.24) is 0 Å². The van der Waals surface area contributed by atoms with Gasteiger partial charge in [-0.05, 0) is 42.5 Å². The summed E-state index contributed by atoms with van der Waals surface area (Å²) in [5, 5.41) is 3.29. The highest BCUT2D eigenvalue weighted by Gasteiger charge is 2.25. The molecule has 3 aromatic rings. The number of ether oxygens (including phenoxy) is 2. The lowest BCUT2D eigenvalue weighted by atomic mass is 10.1. The lowest BCUT2D eigenvalue weighted by molar-refractivity contribution is 0.284. The minimum atomic E-state index is -3.82. The molecular weight excluding hydrogens is 431 g/mol. The second-order valence-corrected chi connectivity index (χ2v) is 8.41. The Hall–Kier alpha value is -3.10. The molecule has 154 valence electrons. The molecule has 0 atom stereocenters. The molecule has 0 saturated heterocycles. The van der Waals surface area contributed by atoms with Crippen LogP contribution in [0.25, 0.3) is 0 Å². The fourth-order valence-electron chi connectivity index (χ4n) is 2.97. The minimum Gasteiger partial charge on any atom is -0.493 e. The normalized spacial score (nSPS) is 14.3. The van der Waals surface area contributed by atoms with Gasteiger partial charge in [0.15, 0.2) is 17.3 Å². The third-order valence-electron chi connectivity index (χ3n) is 4.46. The highest BCUT2D eigenvalue weighted by atomic mass is 35.5. The van der Waals surface area contributed by atoms with Crippen molar-refractivity contribution in [3.05, 3.63) is 82.6 Å². The predicted octanol–water partition coefficient (Wildman–Crippen LogP) is 4.63. The number of amidine groups is 1. The quantitative estimate of drug-likeness (QED) is 0.618. The van der Waals surface area contributed by atoms with Gasteiger partial charge in [0.2, 0.25) is 0 Å². The SMILES string of the molecule is COc1cc(C2=NS(=O)(=O)c3ccccc3N2)ccc1OCc1ccc(F)cc1Cl. The molecule has 4 rings (SSSR count). The molecule has 0 bridgehead atoms. The van der Waals surface area contributed by atoms with E-state index < -0.39 is 15.8 Å². The van der Waals surface area contributed by atoms with Gasteiger partial charge in [-0.2, -0.15) is 8.42 Å². The van der Waals surface area contributed by atoms with Crippen LogP contribution in [0.4, 0.5) is 10.1 Å². The zero-order valence-corrected chi connectivity index (χ0v) is 17.3. The average Bonchev–Trinajstić information content (AvgIpc) is 2.72. The van der Waals surface area contributed by atoms with Crippen LogP contribution >= 0.6 is 11.6 Å². The monoisotopic (exact) mass is 446 g/mol. The molecule has 0 radical (unpaired) electrons. The van der Waals surface area contributed by atoms with Gasteiger partial charge in [0.25, 0.3) is 10.0 Å².